The molecule has 1 aromatic carbocycles. The van der Waals surface area contributed by atoms with Gasteiger partial charge < -0.3 is 20.3 Å². The van der Waals surface area contributed by atoms with Crippen LogP contribution >= 0.6 is 0 Å². The van der Waals surface area contributed by atoms with E-state index in [1.54, 1.807) is 26.2 Å². The Hall–Kier alpha value is -3.10. The lowest BCUT2D eigenvalue weighted by Crippen LogP contribution is -2.50. The third-order valence-electron chi connectivity index (χ3n) is 6.97. The molecule has 1 unspecified atom stereocenters. The predicted molar refractivity (Wildman–Crippen MR) is 127 cm³/mol. The Morgan fingerprint density at radius 3 is 2.50 bits per heavy atom. The van der Waals surface area contributed by atoms with Gasteiger partial charge in [-0.2, -0.15) is 0 Å². The molecular weight excluding hydrogens is 436 g/mol. The van der Waals surface area contributed by atoms with Crippen LogP contribution in [-0.4, -0.2) is 66.3 Å². The van der Waals surface area contributed by atoms with Crippen LogP contribution in [0.2, 0.25) is 0 Å². The van der Waals surface area contributed by atoms with Crippen molar-refractivity contribution in [3.05, 3.63) is 29.8 Å². The summed E-state index contributed by atoms with van der Waals surface area (Å²) >= 11 is 0. The summed E-state index contributed by atoms with van der Waals surface area (Å²) < 4.78 is 5.71. The number of hydrogen-bond donors (Lipinski definition) is 2. The molecule has 186 valence electrons. The third kappa shape index (κ3) is 5.51. The van der Waals surface area contributed by atoms with Crippen LogP contribution in [-0.2, 0) is 14.4 Å². The molecule has 5 amide bonds. The Labute approximate surface area is 201 Å². The van der Waals surface area contributed by atoms with E-state index in [1.165, 1.54) is 4.90 Å². The van der Waals surface area contributed by atoms with Gasteiger partial charge in [0, 0.05) is 19.7 Å². The number of para-hydroxylation sites is 1. The van der Waals surface area contributed by atoms with Gasteiger partial charge in [-0.25, -0.2) is 4.79 Å². The van der Waals surface area contributed by atoms with Crippen LogP contribution in [0.25, 0.3) is 0 Å². The summed E-state index contributed by atoms with van der Waals surface area (Å²) in [5.74, 6) is 0.183. The van der Waals surface area contributed by atoms with Crippen molar-refractivity contribution in [2.45, 2.75) is 64.0 Å². The first-order chi connectivity index (χ1) is 16.2. The SMILES string of the molecule is CCC1CCC2(CC1)NC(=O)N(CC(=O)NC(CC)c1ccccc1OCC(=O)N(C)C)C2=O. The van der Waals surface area contributed by atoms with Gasteiger partial charge in [-0.3, -0.25) is 19.3 Å². The first-order valence-electron chi connectivity index (χ1n) is 12.1. The molecule has 2 N–H and O–H groups in total. The Morgan fingerprint density at radius 1 is 1.21 bits per heavy atom. The number of amides is 5. The lowest BCUT2D eigenvalue weighted by Gasteiger charge is -2.34. The predicted octanol–water partition coefficient (Wildman–Crippen LogP) is 2.61. The van der Waals surface area contributed by atoms with Gasteiger partial charge in [0.05, 0.1) is 6.04 Å². The van der Waals surface area contributed by atoms with Crippen molar-refractivity contribution >= 4 is 23.8 Å². The smallest absolute Gasteiger partial charge is 0.325 e. The number of urea groups is 1. The molecular formula is C25H36N4O5. The molecule has 3 rings (SSSR count). The summed E-state index contributed by atoms with van der Waals surface area (Å²) in [4.78, 5) is 53.0. The minimum atomic E-state index is -0.868. The van der Waals surface area contributed by atoms with E-state index in [4.69, 9.17) is 4.74 Å². The van der Waals surface area contributed by atoms with Crippen LogP contribution in [0.15, 0.2) is 24.3 Å². The number of carbonyl (C=O) groups excluding carboxylic acids is 4. The maximum absolute atomic E-state index is 13.1. The van der Waals surface area contributed by atoms with Gasteiger partial charge in [-0.15, -0.1) is 0 Å². The van der Waals surface area contributed by atoms with E-state index in [2.05, 4.69) is 17.6 Å². The van der Waals surface area contributed by atoms with Crippen molar-refractivity contribution in [1.82, 2.24) is 20.4 Å². The molecule has 2 aliphatic rings. The molecule has 1 aromatic rings. The Kier molecular flexibility index (Phi) is 8.17. The second-order valence-electron chi connectivity index (χ2n) is 9.40. The number of ether oxygens (including phenoxy) is 1. The fourth-order valence-corrected chi connectivity index (χ4v) is 4.69. The van der Waals surface area contributed by atoms with E-state index < -0.39 is 23.5 Å². The summed E-state index contributed by atoms with van der Waals surface area (Å²) in [5.41, 5.74) is -0.136. The van der Waals surface area contributed by atoms with Gasteiger partial charge in [0.25, 0.3) is 11.8 Å². The highest BCUT2D eigenvalue weighted by molar-refractivity contribution is 6.09. The van der Waals surface area contributed by atoms with E-state index in [0.29, 0.717) is 30.9 Å². The molecule has 1 aliphatic heterocycles. The van der Waals surface area contributed by atoms with E-state index in [1.807, 2.05) is 19.1 Å². The average molecular weight is 473 g/mol. The second kappa shape index (κ2) is 10.9. The fourth-order valence-electron chi connectivity index (χ4n) is 4.69. The summed E-state index contributed by atoms with van der Waals surface area (Å²) in [7, 11) is 3.31. The Balaban J connectivity index is 1.65. The maximum Gasteiger partial charge on any atom is 0.325 e. The minimum Gasteiger partial charge on any atom is -0.483 e. The number of likely N-dealkylation sites (N-methyl/N-ethyl adjacent to an activating group) is 1. The molecule has 1 atom stereocenters. The van der Waals surface area contributed by atoms with E-state index in [0.717, 1.165) is 29.7 Å². The first-order valence-corrected chi connectivity index (χ1v) is 12.1. The second-order valence-corrected chi connectivity index (χ2v) is 9.40. The zero-order valence-electron chi connectivity index (χ0n) is 20.6. The van der Waals surface area contributed by atoms with Crippen LogP contribution in [0.1, 0.15) is 64.0 Å². The Bertz CT molecular complexity index is 924. The van der Waals surface area contributed by atoms with Crippen LogP contribution < -0.4 is 15.4 Å². The van der Waals surface area contributed by atoms with Gasteiger partial charge in [0.2, 0.25) is 5.91 Å². The lowest BCUT2D eigenvalue weighted by atomic mass is 9.75. The van der Waals surface area contributed by atoms with Gasteiger partial charge in [0.1, 0.15) is 17.8 Å². The standard InChI is InChI=1S/C25H36N4O5/c1-5-17-11-13-25(14-12-17)23(32)29(24(33)27-25)15-21(30)26-19(6-2)18-9-7-8-10-20(18)34-16-22(31)28(3)4/h7-10,17,19H,5-6,11-16H2,1-4H3,(H,26,30)(H,27,33). The zero-order valence-corrected chi connectivity index (χ0v) is 20.6. The molecule has 1 heterocycles. The molecule has 0 aromatic heterocycles. The minimum absolute atomic E-state index is 0.113. The third-order valence-corrected chi connectivity index (χ3v) is 6.97. The highest BCUT2D eigenvalue weighted by atomic mass is 16.5. The van der Waals surface area contributed by atoms with Crippen LogP contribution in [0.5, 0.6) is 5.75 Å². The highest BCUT2D eigenvalue weighted by Crippen LogP contribution is 2.37. The molecule has 2 fully saturated rings. The molecule has 34 heavy (non-hydrogen) atoms. The number of benzene rings is 1. The van der Waals surface area contributed by atoms with Gasteiger partial charge in [0.15, 0.2) is 6.61 Å². The Morgan fingerprint density at radius 2 is 1.88 bits per heavy atom. The molecule has 0 radical (unpaired) electrons. The molecule has 9 heteroatoms. The summed E-state index contributed by atoms with van der Waals surface area (Å²) in [5, 5.41) is 5.79. The topological polar surface area (TPSA) is 108 Å². The summed E-state index contributed by atoms with van der Waals surface area (Å²) in [6.07, 6.45) is 4.65. The zero-order chi connectivity index (χ0) is 24.9. The molecule has 1 aliphatic carbocycles. The van der Waals surface area contributed by atoms with Crippen molar-refractivity contribution in [3.63, 3.8) is 0 Å². The van der Waals surface area contributed by atoms with Crippen molar-refractivity contribution in [2.75, 3.05) is 27.2 Å². The monoisotopic (exact) mass is 472 g/mol. The molecule has 1 spiro atoms. The number of nitrogens with one attached hydrogen (secondary N) is 2. The van der Waals surface area contributed by atoms with Crippen molar-refractivity contribution in [3.8, 4) is 5.75 Å². The normalized spacial score (nSPS) is 22.9. The van der Waals surface area contributed by atoms with E-state index >= 15 is 0 Å². The van der Waals surface area contributed by atoms with Crippen molar-refractivity contribution < 1.29 is 23.9 Å². The van der Waals surface area contributed by atoms with Crippen LogP contribution in [0.4, 0.5) is 4.79 Å². The van der Waals surface area contributed by atoms with E-state index in [-0.39, 0.29) is 25.0 Å². The number of rotatable bonds is 9. The summed E-state index contributed by atoms with van der Waals surface area (Å²) in [6, 6.07) is 6.31. The largest absolute Gasteiger partial charge is 0.483 e. The maximum atomic E-state index is 13.1. The summed E-state index contributed by atoms with van der Waals surface area (Å²) in [6.45, 7) is 3.61. The van der Waals surface area contributed by atoms with Crippen LogP contribution in [0, 0.1) is 5.92 Å². The van der Waals surface area contributed by atoms with Crippen LogP contribution in [0.3, 0.4) is 0 Å². The number of carbonyl (C=O) groups is 4. The number of imide groups is 1. The van der Waals surface area contributed by atoms with Gasteiger partial charge >= 0.3 is 6.03 Å². The molecule has 0 bridgehead atoms. The van der Waals surface area contributed by atoms with Crippen molar-refractivity contribution in [1.29, 1.82) is 0 Å². The molecule has 1 saturated heterocycles. The van der Waals surface area contributed by atoms with Crippen molar-refractivity contribution in [2.24, 2.45) is 5.92 Å². The first kappa shape index (κ1) is 25.5. The average Bonchev–Trinajstić information content (AvgIpc) is 3.05. The molecule has 9 nitrogen and oxygen atoms in total. The highest BCUT2D eigenvalue weighted by Gasteiger charge is 2.52. The number of nitrogens with zero attached hydrogens (tertiary/aromatic N) is 2. The van der Waals surface area contributed by atoms with Gasteiger partial charge in [-0.1, -0.05) is 38.5 Å². The quantitative estimate of drug-likeness (QED) is 0.537. The number of hydrogen-bond acceptors (Lipinski definition) is 5. The van der Waals surface area contributed by atoms with Gasteiger partial charge in [-0.05, 0) is 44.1 Å². The molecule has 1 saturated carbocycles. The fraction of sp³-hybridized carbons (Fsp3) is 0.600. The lowest BCUT2D eigenvalue weighted by molar-refractivity contribution is -0.136. The van der Waals surface area contributed by atoms with E-state index in [9.17, 15) is 19.2 Å².